The third-order valence-corrected chi connectivity index (χ3v) is 6.80. The van der Waals surface area contributed by atoms with Crippen molar-refractivity contribution < 1.29 is 8.78 Å². The molecular weight excluding hydrogens is 278 g/mol. The fourth-order valence-electron chi connectivity index (χ4n) is 5.12. The van der Waals surface area contributed by atoms with Crippen LogP contribution < -0.4 is 0 Å². The molecule has 3 aliphatic carbocycles. The van der Waals surface area contributed by atoms with E-state index in [1.165, 1.54) is 57.8 Å². The van der Waals surface area contributed by atoms with Crippen LogP contribution in [0, 0.1) is 29.6 Å². The maximum absolute atomic E-state index is 13.6. The molecule has 0 amide bonds. The molecule has 0 spiro atoms. The van der Waals surface area contributed by atoms with Crippen LogP contribution in [0.2, 0.25) is 0 Å². The average Bonchev–Trinajstić information content (AvgIpc) is 2.58. The Labute approximate surface area is 135 Å². The van der Waals surface area contributed by atoms with E-state index in [-0.39, 0.29) is 0 Å². The fraction of sp³-hybridized carbons (Fsp3) is 0.900. The lowest BCUT2D eigenvalue weighted by Gasteiger charge is -2.40. The normalized spacial score (nSPS) is 37.5. The molecule has 3 saturated carbocycles. The second-order valence-electron chi connectivity index (χ2n) is 7.98. The molecule has 126 valence electrons. The molecule has 3 aliphatic rings. The molecule has 2 heteroatoms. The van der Waals surface area contributed by atoms with Crippen LogP contribution in [0.1, 0.15) is 84.0 Å². The molecular formula is C20H32F2. The highest BCUT2D eigenvalue weighted by Gasteiger charge is 2.38. The van der Waals surface area contributed by atoms with E-state index < -0.39 is 12.3 Å². The van der Waals surface area contributed by atoms with Gasteiger partial charge in [-0.1, -0.05) is 13.3 Å². The van der Waals surface area contributed by atoms with Crippen molar-refractivity contribution in [3.63, 3.8) is 0 Å². The smallest absolute Gasteiger partial charge is 0.131 e. The maximum atomic E-state index is 13.6. The van der Waals surface area contributed by atoms with E-state index in [0.29, 0.717) is 18.8 Å². The van der Waals surface area contributed by atoms with Gasteiger partial charge in [0.25, 0.3) is 0 Å². The highest BCUT2D eigenvalue weighted by molar-refractivity contribution is 5.08. The molecule has 22 heavy (non-hydrogen) atoms. The van der Waals surface area contributed by atoms with Crippen molar-refractivity contribution in [2.45, 2.75) is 96.3 Å². The fourth-order valence-corrected chi connectivity index (χ4v) is 5.12. The van der Waals surface area contributed by atoms with Crippen LogP contribution in [-0.2, 0) is 0 Å². The quantitative estimate of drug-likeness (QED) is 0.565. The summed E-state index contributed by atoms with van der Waals surface area (Å²) in [5, 5.41) is 0. The summed E-state index contributed by atoms with van der Waals surface area (Å²) in [6.45, 7) is 2.32. The summed E-state index contributed by atoms with van der Waals surface area (Å²) in [4.78, 5) is 0. The summed E-state index contributed by atoms with van der Waals surface area (Å²) < 4.78 is 26.9. The van der Waals surface area contributed by atoms with Crippen LogP contribution in [0.5, 0.6) is 0 Å². The van der Waals surface area contributed by atoms with Gasteiger partial charge in [-0.2, -0.15) is 0 Å². The minimum atomic E-state index is -1.21. The van der Waals surface area contributed by atoms with Crippen molar-refractivity contribution in [1.29, 1.82) is 0 Å². The second kappa shape index (κ2) is 7.62. The minimum absolute atomic E-state index is 0.378. The van der Waals surface area contributed by atoms with Gasteiger partial charge in [-0.25, -0.2) is 8.78 Å². The molecule has 0 nitrogen and oxygen atoms in total. The molecule has 0 N–H and O–H groups in total. The summed E-state index contributed by atoms with van der Waals surface area (Å²) >= 11 is 0. The Hall–Kier alpha value is -0.140. The van der Waals surface area contributed by atoms with Gasteiger partial charge in [-0.3, -0.25) is 0 Å². The Morgan fingerprint density at radius 3 is 1.91 bits per heavy atom. The Balaban J connectivity index is 1.43. The topological polar surface area (TPSA) is 0 Å². The highest BCUT2D eigenvalue weighted by atomic mass is 19.2. The van der Waals surface area contributed by atoms with Crippen LogP contribution in [0.3, 0.4) is 0 Å². The standard InChI is InChI=1S/C20H32F2/c1-2-14-3-5-15(6-4-14)16-7-9-17(10-8-16)18-11-12-19(21)20(22)13-18/h14,16,18-20H,2-13H2,1H3. The predicted octanol–water partition coefficient (Wildman–Crippen LogP) is 6.40. The lowest BCUT2D eigenvalue weighted by molar-refractivity contribution is 0.0875. The van der Waals surface area contributed by atoms with Gasteiger partial charge in [-0.15, -0.1) is 0 Å². The molecule has 0 aromatic heterocycles. The molecule has 0 aromatic rings. The number of hydrogen-bond donors (Lipinski definition) is 0. The molecule has 3 unspecified atom stereocenters. The van der Waals surface area contributed by atoms with Crippen molar-refractivity contribution >= 4 is 0 Å². The first-order valence-corrected chi connectivity index (χ1v) is 9.64. The van der Waals surface area contributed by atoms with E-state index in [1.54, 1.807) is 5.92 Å². The highest BCUT2D eigenvalue weighted by Crippen LogP contribution is 2.47. The van der Waals surface area contributed by atoms with Crippen molar-refractivity contribution in [1.82, 2.24) is 0 Å². The Bertz CT molecular complexity index is 327. The number of alkyl halides is 2. The molecule has 0 saturated heterocycles. The number of halogens is 2. The van der Waals surface area contributed by atoms with Crippen LogP contribution in [0.25, 0.3) is 0 Å². The zero-order chi connectivity index (χ0) is 15.5. The molecule has 3 fully saturated rings. The zero-order valence-electron chi connectivity index (χ0n) is 14.1. The second-order valence-corrected chi connectivity index (χ2v) is 7.98. The molecule has 0 heterocycles. The van der Waals surface area contributed by atoms with Gasteiger partial charge in [-0.05, 0) is 100 Å². The Kier molecular flexibility index (Phi) is 5.79. The first-order valence-electron chi connectivity index (χ1n) is 9.64. The van der Waals surface area contributed by atoms with Crippen LogP contribution in [0.4, 0.5) is 8.78 Å². The van der Waals surface area contributed by atoms with E-state index in [2.05, 4.69) is 6.92 Å². The van der Waals surface area contributed by atoms with Crippen LogP contribution in [0.15, 0.2) is 0 Å². The van der Waals surface area contributed by atoms with Crippen LogP contribution >= 0.6 is 0 Å². The first-order chi connectivity index (χ1) is 10.7. The van der Waals surface area contributed by atoms with E-state index in [0.717, 1.165) is 18.3 Å². The van der Waals surface area contributed by atoms with E-state index in [1.807, 2.05) is 5.92 Å². The average molecular weight is 310 g/mol. The zero-order valence-corrected chi connectivity index (χ0v) is 14.1. The molecule has 3 atom stereocenters. The molecule has 3 rings (SSSR count). The van der Waals surface area contributed by atoms with Gasteiger partial charge in [0.15, 0.2) is 0 Å². The van der Waals surface area contributed by atoms with E-state index in [4.69, 9.17) is 0 Å². The number of hydrogen-bond acceptors (Lipinski definition) is 0. The molecule has 0 aliphatic heterocycles. The van der Waals surface area contributed by atoms with Crippen molar-refractivity contribution in [3.8, 4) is 0 Å². The SMILES string of the molecule is CCC1CC[C](C2CC[C](C3CCC(F)C(F)C3)CC2)CC1. The number of rotatable bonds is 3. The van der Waals surface area contributed by atoms with Crippen molar-refractivity contribution in [2.75, 3.05) is 0 Å². The summed E-state index contributed by atoms with van der Waals surface area (Å²) in [7, 11) is 0. The van der Waals surface area contributed by atoms with Gasteiger partial charge in [0, 0.05) is 0 Å². The Morgan fingerprint density at radius 1 is 0.727 bits per heavy atom. The van der Waals surface area contributed by atoms with Crippen LogP contribution in [-0.4, -0.2) is 12.3 Å². The minimum Gasteiger partial charge on any atom is -0.244 e. The Morgan fingerprint density at radius 2 is 1.32 bits per heavy atom. The van der Waals surface area contributed by atoms with E-state index in [9.17, 15) is 8.78 Å². The van der Waals surface area contributed by atoms with Crippen molar-refractivity contribution in [3.05, 3.63) is 11.8 Å². The summed E-state index contributed by atoms with van der Waals surface area (Å²) in [5.74, 6) is 5.57. The van der Waals surface area contributed by atoms with Gasteiger partial charge < -0.3 is 0 Å². The van der Waals surface area contributed by atoms with Gasteiger partial charge in [0.2, 0.25) is 0 Å². The molecule has 2 radical (unpaired) electrons. The first kappa shape index (κ1) is 16.7. The van der Waals surface area contributed by atoms with Crippen molar-refractivity contribution in [2.24, 2.45) is 17.8 Å². The lowest BCUT2D eigenvalue weighted by atomic mass is 9.65. The maximum Gasteiger partial charge on any atom is 0.131 e. The summed E-state index contributed by atoms with van der Waals surface area (Å²) in [6.07, 6.45) is 11.2. The predicted molar refractivity (Wildman–Crippen MR) is 87.8 cm³/mol. The summed E-state index contributed by atoms with van der Waals surface area (Å²) in [6, 6.07) is 0. The third kappa shape index (κ3) is 3.85. The monoisotopic (exact) mass is 310 g/mol. The summed E-state index contributed by atoms with van der Waals surface area (Å²) in [5.41, 5.74) is 0. The van der Waals surface area contributed by atoms with Gasteiger partial charge in [0.05, 0.1) is 0 Å². The van der Waals surface area contributed by atoms with Gasteiger partial charge >= 0.3 is 0 Å². The van der Waals surface area contributed by atoms with E-state index >= 15 is 0 Å². The largest absolute Gasteiger partial charge is 0.244 e. The molecule has 0 aromatic carbocycles. The van der Waals surface area contributed by atoms with Gasteiger partial charge in [0.1, 0.15) is 12.3 Å². The lowest BCUT2D eigenvalue weighted by Crippen LogP contribution is -2.32. The molecule has 0 bridgehead atoms. The third-order valence-electron chi connectivity index (χ3n) is 6.80.